The number of furan rings is 1. The predicted molar refractivity (Wildman–Crippen MR) is 93.4 cm³/mol. The summed E-state index contributed by atoms with van der Waals surface area (Å²) in [5.41, 5.74) is 0. The Balaban J connectivity index is 1.63. The van der Waals surface area contributed by atoms with Crippen molar-refractivity contribution in [3.05, 3.63) is 40.5 Å². The number of rotatable bonds is 4. The van der Waals surface area contributed by atoms with Crippen LogP contribution in [0.2, 0.25) is 0 Å². The van der Waals surface area contributed by atoms with E-state index in [1.807, 2.05) is 0 Å². The molecule has 0 saturated carbocycles. The third-order valence-corrected chi connectivity index (χ3v) is 6.04. The zero-order valence-electron chi connectivity index (χ0n) is 12.2. The van der Waals surface area contributed by atoms with Gasteiger partial charge in [-0.3, -0.25) is 14.5 Å². The van der Waals surface area contributed by atoms with Gasteiger partial charge in [-0.1, -0.05) is 24.0 Å². The molecule has 0 radical (unpaired) electrons. The van der Waals surface area contributed by atoms with Crippen LogP contribution in [0.15, 0.2) is 39.2 Å². The second-order valence-electron chi connectivity index (χ2n) is 5.12. The smallest absolute Gasteiger partial charge is 0.266 e. The first-order chi connectivity index (χ1) is 11.3. The zero-order valence-corrected chi connectivity index (χ0v) is 14.6. The van der Waals surface area contributed by atoms with Gasteiger partial charge in [0.2, 0.25) is 5.91 Å². The topological polar surface area (TPSA) is 96.7 Å². The molecular formula is C14H12N2O5S3. The average molecular weight is 384 g/mol. The number of amides is 2. The van der Waals surface area contributed by atoms with Gasteiger partial charge in [-0.15, -0.1) is 0 Å². The lowest BCUT2D eigenvalue weighted by Crippen LogP contribution is -2.43. The zero-order chi connectivity index (χ0) is 17.3. The summed E-state index contributed by atoms with van der Waals surface area (Å²) < 4.78 is 28.1. The van der Waals surface area contributed by atoms with Crippen LogP contribution in [0, 0.1) is 0 Å². The van der Waals surface area contributed by atoms with Crippen LogP contribution < -0.4 is 5.32 Å². The Kier molecular flexibility index (Phi) is 4.61. The number of thioether (sulfide) groups is 1. The molecule has 7 nitrogen and oxygen atoms in total. The number of carbonyl (C=O) groups is 2. The molecule has 1 aromatic heterocycles. The van der Waals surface area contributed by atoms with Crippen LogP contribution in [0.1, 0.15) is 5.76 Å². The predicted octanol–water partition coefficient (Wildman–Crippen LogP) is 0.908. The molecule has 2 aliphatic heterocycles. The van der Waals surface area contributed by atoms with Crippen molar-refractivity contribution >= 4 is 56.0 Å². The second-order valence-corrected chi connectivity index (χ2v) is 8.72. The normalized spacial score (nSPS) is 24.1. The van der Waals surface area contributed by atoms with Gasteiger partial charge >= 0.3 is 0 Å². The summed E-state index contributed by atoms with van der Waals surface area (Å²) in [7, 11) is -3.25. The van der Waals surface area contributed by atoms with E-state index >= 15 is 0 Å². The minimum absolute atomic E-state index is 0.171. The third-order valence-electron chi connectivity index (χ3n) is 3.27. The van der Waals surface area contributed by atoms with E-state index in [4.69, 9.17) is 16.6 Å². The van der Waals surface area contributed by atoms with E-state index in [-0.39, 0.29) is 22.5 Å². The van der Waals surface area contributed by atoms with Crippen LogP contribution in [-0.2, 0) is 19.4 Å². The summed E-state index contributed by atoms with van der Waals surface area (Å²) in [4.78, 5) is 25.9. The number of hydrogen-bond donors (Lipinski definition) is 1. The Labute approximate surface area is 147 Å². The first-order valence-corrected chi connectivity index (χ1v) is 9.77. The van der Waals surface area contributed by atoms with Gasteiger partial charge in [0, 0.05) is 11.5 Å². The monoisotopic (exact) mass is 384 g/mol. The molecule has 1 fully saturated rings. The van der Waals surface area contributed by atoms with Gasteiger partial charge in [-0.05, 0) is 18.2 Å². The third kappa shape index (κ3) is 3.77. The van der Waals surface area contributed by atoms with E-state index in [1.54, 1.807) is 18.2 Å². The van der Waals surface area contributed by atoms with Gasteiger partial charge in [0.05, 0.1) is 23.0 Å². The fraction of sp³-hybridized carbons (Fsp3) is 0.214. The van der Waals surface area contributed by atoms with Crippen molar-refractivity contribution in [3.63, 3.8) is 0 Å². The molecule has 3 rings (SSSR count). The number of nitrogens with one attached hydrogen (secondary N) is 1. The second kappa shape index (κ2) is 6.54. The highest BCUT2D eigenvalue weighted by atomic mass is 32.2. The van der Waals surface area contributed by atoms with Crippen molar-refractivity contribution in [1.29, 1.82) is 0 Å². The average Bonchev–Trinajstić information content (AvgIpc) is 3.17. The molecule has 0 aliphatic carbocycles. The van der Waals surface area contributed by atoms with Gasteiger partial charge in [-0.25, -0.2) is 8.42 Å². The number of nitrogens with zero attached hydrogens (tertiary/aromatic N) is 1. The minimum atomic E-state index is -3.25. The molecule has 1 aromatic rings. The Morgan fingerprint density at radius 3 is 2.96 bits per heavy atom. The Hall–Kier alpha value is -1.91. The molecule has 1 atom stereocenters. The fourth-order valence-corrected chi connectivity index (χ4v) is 4.67. The highest BCUT2D eigenvalue weighted by molar-refractivity contribution is 8.26. The Morgan fingerprint density at radius 1 is 1.54 bits per heavy atom. The maximum atomic E-state index is 12.3. The van der Waals surface area contributed by atoms with Crippen LogP contribution in [0.3, 0.4) is 0 Å². The minimum Gasteiger partial charge on any atom is -0.465 e. The maximum Gasteiger partial charge on any atom is 0.266 e. The largest absolute Gasteiger partial charge is 0.465 e. The van der Waals surface area contributed by atoms with Gasteiger partial charge in [0.25, 0.3) is 5.91 Å². The van der Waals surface area contributed by atoms with Crippen molar-refractivity contribution < 1.29 is 22.4 Å². The van der Waals surface area contributed by atoms with Crippen LogP contribution >= 0.6 is 24.0 Å². The van der Waals surface area contributed by atoms with Crippen LogP contribution in [-0.4, -0.2) is 47.8 Å². The maximum absolute atomic E-state index is 12.3. The molecule has 2 amide bonds. The summed E-state index contributed by atoms with van der Waals surface area (Å²) in [5, 5.41) is 3.63. The summed E-state index contributed by atoms with van der Waals surface area (Å²) in [5.74, 6) is -0.514. The fourth-order valence-electron chi connectivity index (χ4n) is 2.20. The summed E-state index contributed by atoms with van der Waals surface area (Å²) >= 11 is 6.22. The van der Waals surface area contributed by atoms with Gasteiger partial charge in [-0.2, -0.15) is 0 Å². The number of sulfone groups is 1. The number of carbonyl (C=O) groups excluding carboxylic acids is 2. The highest BCUT2D eigenvalue weighted by Gasteiger charge is 2.34. The SMILES string of the molecule is O=C(CN1C(=O)/C(=C/c2ccco2)SC1=S)N[C@H]1C=CS(=O)(=O)C1. The molecule has 3 heterocycles. The lowest BCUT2D eigenvalue weighted by atomic mass is 10.3. The van der Waals surface area contributed by atoms with E-state index in [0.717, 1.165) is 17.2 Å². The van der Waals surface area contributed by atoms with Gasteiger partial charge in [0.1, 0.15) is 16.6 Å². The van der Waals surface area contributed by atoms with E-state index in [1.165, 1.54) is 17.2 Å². The lowest BCUT2D eigenvalue weighted by molar-refractivity contribution is -0.128. The number of thiocarbonyl (C=S) groups is 1. The summed E-state index contributed by atoms with van der Waals surface area (Å²) in [6, 6.07) is 2.81. The lowest BCUT2D eigenvalue weighted by Gasteiger charge is -2.16. The highest BCUT2D eigenvalue weighted by Crippen LogP contribution is 2.32. The molecule has 24 heavy (non-hydrogen) atoms. The molecule has 0 unspecified atom stereocenters. The van der Waals surface area contributed by atoms with Crippen LogP contribution in [0.25, 0.3) is 6.08 Å². The Morgan fingerprint density at radius 2 is 2.33 bits per heavy atom. The molecular weight excluding hydrogens is 372 g/mol. The van der Waals surface area contributed by atoms with E-state index in [0.29, 0.717) is 10.7 Å². The molecule has 1 N–H and O–H groups in total. The standard InChI is InChI=1S/C14H12N2O5S3/c17-12(15-9-3-5-24(19,20)8-9)7-16-13(18)11(23-14(16)22)6-10-2-1-4-21-10/h1-6,9H,7-8H2,(H,15,17)/b11-6-/t9-/m0/s1. The summed E-state index contributed by atoms with van der Waals surface area (Å²) in [6.45, 7) is -0.259. The van der Waals surface area contributed by atoms with Crippen LogP contribution in [0.4, 0.5) is 0 Å². The Bertz CT molecular complexity index is 855. The van der Waals surface area contributed by atoms with E-state index in [9.17, 15) is 18.0 Å². The number of hydrogen-bond acceptors (Lipinski definition) is 7. The summed E-state index contributed by atoms with van der Waals surface area (Å²) in [6.07, 6.45) is 4.46. The quantitative estimate of drug-likeness (QED) is 0.609. The molecule has 0 aromatic carbocycles. The molecule has 0 bridgehead atoms. The molecule has 126 valence electrons. The van der Waals surface area contributed by atoms with E-state index in [2.05, 4.69) is 5.32 Å². The van der Waals surface area contributed by atoms with Crippen molar-refractivity contribution in [1.82, 2.24) is 10.2 Å². The van der Waals surface area contributed by atoms with Gasteiger partial charge in [0.15, 0.2) is 9.84 Å². The first-order valence-electron chi connectivity index (χ1n) is 6.83. The van der Waals surface area contributed by atoms with Crippen LogP contribution in [0.5, 0.6) is 0 Å². The molecule has 1 saturated heterocycles. The molecule has 2 aliphatic rings. The van der Waals surface area contributed by atoms with Gasteiger partial charge < -0.3 is 9.73 Å². The first kappa shape index (κ1) is 16.9. The molecule has 10 heteroatoms. The van der Waals surface area contributed by atoms with Crippen molar-refractivity contribution in [2.24, 2.45) is 0 Å². The molecule has 0 spiro atoms. The van der Waals surface area contributed by atoms with Crippen molar-refractivity contribution in [2.45, 2.75) is 6.04 Å². The van der Waals surface area contributed by atoms with E-state index < -0.39 is 21.8 Å². The van der Waals surface area contributed by atoms with Crippen molar-refractivity contribution in [3.8, 4) is 0 Å². The van der Waals surface area contributed by atoms with Crippen molar-refractivity contribution in [2.75, 3.05) is 12.3 Å².